The number of hydrogen-bond donors (Lipinski definition) is 3. The Morgan fingerprint density at radius 1 is 1.20 bits per heavy atom. The Morgan fingerprint density at radius 3 is 2.74 bits per heavy atom. The molecule has 9 heteroatoms. The second-order valence-corrected chi connectivity index (χ2v) is 9.03. The number of nitrogens with one attached hydrogen (secondary N) is 3. The predicted molar refractivity (Wildman–Crippen MR) is 136 cm³/mol. The van der Waals surface area contributed by atoms with Crippen LogP contribution in [0.15, 0.2) is 61.1 Å². The van der Waals surface area contributed by atoms with Gasteiger partial charge < -0.3 is 16.0 Å². The molecule has 4 aromatic rings. The second kappa shape index (κ2) is 9.60. The zero-order valence-electron chi connectivity index (χ0n) is 20.1. The van der Waals surface area contributed by atoms with Crippen LogP contribution in [-0.4, -0.2) is 43.7 Å². The van der Waals surface area contributed by atoms with Crippen molar-refractivity contribution < 1.29 is 0 Å². The van der Waals surface area contributed by atoms with E-state index in [4.69, 9.17) is 4.98 Å². The van der Waals surface area contributed by atoms with Gasteiger partial charge in [0.05, 0.1) is 30.0 Å². The van der Waals surface area contributed by atoms with E-state index in [1.165, 1.54) is 5.56 Å². The lowest BCUT2D eigenvalue weighted by Gasteiger charge is -2.35. The number of aryl methyl sites for hydroxylation is 2. The number of hydrogen-bond acceptors (Lipinski definition) is 7. The summed E-state index contributed by atoms with van der Waals surface area (Å²) in [6, 6.07) is 16.7. The maximum absolute atomic E-state index is 9.19. The number of pyridine rings is 1. The molecule has 5 rings (SSSR count). The van der Waals surface area contributed by atoms with Crippen molar-refractivity contribution in [2.24, 2.45) is 7.05 Å². The van der Waals surface area contributed by atoms with Crippen molar-refractivity contribution in [2.45, 2.75) is 32.0 Å². The van der Waals surface area contributed by atoms with E-state index in [1.807, 2.05) is 49.4 Å². The van der Waals surface area contributed by atoms with Crippen LogP contribution in [0.4, 0.5) is 11.5 Å². The number of aromatic nitrogens is 5. The number of nitrogens with zero attached hydrogens (tertiary/aromatic N) is 6. The van der Waals surface area contributed by atoms with E-state index >= 15 is 0 Å². The van der Waals surface area contributed by atoms with Crippen LogP contribution in [0.3, 0.4) is 0 Å². The topological polar surface area (TPSA) is 108 Å². The zero-order valence-corrected chi connectivity index (χ0v) is 20.1. The van der Waals surface area contributed by atoms with Gasteiger partial charge in [-0.1, -0.05) is 30.3 Å². The molecule has 35 heavy (non-hydrogen) atoms. The molecule has 3 N–H and O–H groups in total. The van der Waals surface area contributed by atoms with Crippen LogP contribution >= 0.6 is 0 Å². The normalized spacial score (nSPS) is 16.5. The fourth-order valence-corrected chi connectivity index (χ4v) is 4.62. The molecule has 3 aromatic heterocycles. The molecule has 0 fully saturated rings. The summed E-state index contributed by atoms with van der Waals surface area (Å²) in [6.07, 6.45) is 5.72. The zero-order chi connectivity index (χ0) is 24.4. The third-order valence-corrected chi connectivity index (χ3v) is 6.41. The SMILES string of the molecule is Cc1cc(C#N)nn1[C@@H](C)CN[C@H](c1ccccc1)[C@H]1CNc2cc(-c3cnn(C)c3)cnc2N1. The highest BCUT2D eigenvalue weighted by Gasteiger charge is 2.28. The predicted octanol–water partition coefficient (Wildman–Crippen LogP) is 3.66. The van der Waals surface area contributed by atoms with Crippen molar-refractivity contribution in [3.8, 4) is 17.2 Å². The molecule has 3 atom stereocenters. The number of nitriles is 1. The quantitative estimate of drug-likeness (QED) is 0.381. The Hall–Kier alpha value is -4.16. The lowest BCUT2D eigenvalue weighted by molar-refractivity contribution is 0.391. The maximum Gasteiger partial charge on any atom is 0.162 e. The Kier molecular flexibility index (Phi) is 6.21. The van der Waals surface area contributed by atoms with E-state index in [0.717, 1.165) is 34.9 Å². The summed E-state index contributed by atoms with van der Waals surface area (Å²) in [5.41, 5.74) is 5.68. The second-order valence-electron chi connectivity index (χ2n) is 9.03. The first-order valence-electron chi connectivity index (χ1n) is 11.8. The summed E-state index contributed by atoms with van der Waals surface area (Å²) in [7, 11) is 1.91. The van der Waals surface area contributed by atoms with Gasteiger partial charge in [0.1, 0.15) is 11.9 Å². The van der Waals surface area contributed by atoms with Crippen molar-refractivity contribution in [2.75, 3.05) is 23.7 Å². The lowest BCUT2D eigenvalue weighted by atomic mass is 9.97. The van der Waals surface area contributed by atoms with Gasteiger partial charge in [0.25, 0.3) is 0 Å². The highest BCUT2D eigenvalue weighted by atomic mass is 15.3. The number of fused-ring (bicyclic) bond motifs is 1. The molecule has 0 spiro atoms. The van der Waals surface area contributed by atoms with Gasteiger partial charge in [0.15, 0.2) is 5.69 Å². The fourth-order valence-electron chi connectivity index (χ4n) is 4.62. The standard InChI is InChI=1S/C26H29N9/c1-17-9-22(11-27)33-35(17)18(2)12-29-25(19-7-5-4-6-8-19)24-15-28-23-10-20(13-30-26(23)32-24)21-14-31-34(3)16-21/h4-10,13-14,16,18,24-25,28-29H,12,15H2,1-3H3,(H,30,32)/t18-,24+,25+/m0/s1. The summed E-state index contributed by atoms with van der Waals surface area (Å²) in [5.74, 6) is 0.839. The van der Waals surface area contributed by atoms with Crippen molar-refractivity contribution in [3.05, 3.63) is 78.0 Å². The maximum atomic E-state index is 9.19. The highest BCUT2D eigenvalue weighted by Crippen LogP contribution is 2.32. The van der Waals surface area contributed by atoms with E-state index in [9.17, 15) is 5.26 Å². The van der Waals surface area contributed by atoms with Crippen molar-refractivity contribution >= 4 is 11.5 Å². The summed E-state index contributed by atoms with van der Waals surface area (Å²) >= 11 is 0. The first kappa shape index (κ1) is 22.6. The van der Waals surface area contributed by atoms with Gasteiger partial charge >= 0.3 is 0 Å². The fraction of sp³-hybridized carbons (Fsp3) is 0.308. The molecule has 4 heterocycles. The van der Waals surface area contributed by atoms with E-state index in [-0.39, 0.29) is 18.1 Å². The summed E-state index contributed by atoms with van der Waals surface area (Å²) in [4.78, 5) is 4.71. The molecule has 178 valence electrons. The largest absolute Gasteiger partial charge is 0.380 e. The van der Waals surface area contributed by atoms with Crippen molar-refractivity contribution in [3.63, 3.8) is 0 Å². The monoisotopic (exact) mass is 467 g/mol. The molecule has 9 nitrogen and oxygen atoms in total. The molecule has 0 bridgehead atoms. The highest BCUT2D eigenvalue weighted by molar-refractivity contribution is 5.75. The molecule has 0 radical (unpaired) electrons. The molecule has 1 aliphatic heterocycles. The average Bonchev–Trinajstić information content (AvgIpc) is 3.49. The summed E-state index contributed by atoms with van der Waals surface area (Å²) < 4.78 is 3.70. The van der Waals surface area contributed by atoms with Crippen molar-refractivity contribution in [1.82, 2.24) is 29.9 Å². The van der Waals surface area contributed by atoms with Gasteiger partial charge in [0, 0.05) is 49.4 Å². The van der Waals surface area contributed by atoms with Gasteiger partial charge in [-0.05, 0) is 31.5 Å². The van der Waals surface area contributed by atoms with E-state index in [2.05, 4.69) is 69.5 Å². The van der Waals surface area contributed by atoms with Gasteiger partial charge in [-0.25, -0.2) is 4.98 Å². The third kappa shape index (κ3) is 4.74. The molecule has 1 aromatic carbocycles. The molecular formula is C26H29N9. The van der Waals surface area contributed by atoms with Gasteiger partial charge in [0.2, 0.25) is 0 Å². The molecular weight excluding hydrogens is 438 g/mol. The van der Waals surface area contributed by atoms with Gasteiger partial charge in [-0.3, -0.25) is 9.36 Å². The average molecular weight is 468 g/mol. The van der Waals surface area contributed by atoms with Gasteiger partial charge in [-0.2, -0.15) is 15.5 Å². The minimum absolute atomic E-state index is 0.0467. The molecule has 0 saturated carbocycles. The van der Waals surface area contributed by atoms with Crippen molar-refractivity contribution in [1.29, 1.82) is 5.26 Å². The van der Waals surface area contributed by atoms with E-state index < -0.39 is 0 Å². The molecule has 0 aliphatic carbocycles. The van der Waals surface area contributed by atoms with Crippen LogP contribution in [0.5, 0.6) is 0 Å². The van der Waals surface area contributed by atoms with Gasteiger partial charge in [-0.15, -0.1) is 0 Å². The van der Waals surface area contributed by atoms with Crippen LogP contribution in [0, 0.1) is 18.3 Å². The molecule has 0 saturated heterocycles. The Balaban J connectivity index is 1.34. The Labute approximate surface area is 204 Å². The van der Waals surface area contributed by atoms with Crippen LogP contribution in [0.1, 0.15) is 36.0 Å². The number of rotatable bonds is 7. The molecule has 1 aliphatic rings. The van der Waals surface area contributed by atoms with Crippen LogP contribution in [-0.2, 0) is 7.05 Å². The van der Waals surface area contributed by atoms with Crippen LogP contribution in [0.2, 0.25) is 0 Å². The van der Waals surface area contributed by atoms with Crippen LogP contribution in [0.25, 0.3) is 11.1 Å². The minimum atomic E-state index is 0.0467. The lowest BCUT2D eigenvalue weighted by Crippen LogP contribution is -2.45. The van der Waals surface area contributed by atoms with E-state index in [1.54, 1.807) is 4.68 Å². The summed E-state index contributed by atoms with van der Waals surface area (Å²) in [6.45, 7) is 5.53. The smallest absolute Gasteiger partial charge is 0.162 e. The first-order chi connectivity index (χ1) is 17.0. The summed E-state index contributed by atoms with van der Waals surface area (Å²) in [5, 5.41) is 28.8. The molecule has 0 amide bonds. The number of anilines is 2. The number of benzene rings is 1. The first-order valence-corrected chi connectivity index (χ1v) is 11.8. The Bertz CT molecular complexity index is 1350. The minimum Gasteiger partial charge on any atom is -0.380 e. The Morgan fingerprint density at radius 2 is 2.03 bits per heavy atom. The van der Waals surface area contributed by atoms with E-state index in [0.29, 0.717) is 12.2 Å². The molecule has 0 unspecified atom stereocenters. The third-order valence-electron chi connectivity index (χ3n) is 6.41. The van der Waals surface area contributed by atoms with Crippen LogP contribution < -0.4 is 16.0 Å².